The molecular weight excluding hydrogens is 342 g/mol. The third-order valence-electron chi connectivity index (χ3n) is 4.88. The first-order valence-corrected chi connectivity index (χ1v) is 9.67. The molecule has 1 amide bonds. The lowest BCUT2D eigenvalue weighted by Gasteiger charge is -2.22. The summed E-state index contributed by atoms with van der Waals surface area (Å²) in [6.45, 7) is 3.48. The van der Waals surface area contributed by atoms with Gasteiger partial charge in [0.25, 0.3) is 0 Å². The molecule has 126 valence electrons. The van der Waals surface area contributed by atoms with Crippen molar-refractivity contribution in [3.63, 3.8) is 0 Å². The monoisotopic (exact) mass is 361 g/mol. The van der Waals surface area contributed by atoms with Crippen LogP contribution in [0.25, 0.3) is 0 Å². The topological polar surface area (TPSA) is 36.4 Å². The van der Waals surface area contributed by atoms with Crippen LogP contribution >= 0.6 is 22.9 Å². The van der Waals surface area contributed by atoms with E-state index in [1.165, 1.54) is 5.56 Å². The van der Waals surface area contributed by atoms with E-state index >= 15 is 0 Å². The molecule has 1 aromatic carbocycles. The van der Waals surface area contributed by atoms with Crippen LogP contribution in [0.3, 0.4) is 0 Å². The number of halogens is 1. The molecule has 2 aromatic rings. The van der Waals surface area contributed by atoms with Crippen molar-refractivity contribution in [2.75, 3.05) is 31.1 Å². The summed E-state index contributed by atoms with van der Waals surface area (Å²) in [4.78, 5) is 21.6. The minimum absolute atomic E-state index is 0.134. The highest BCUT2D eigenvalue weighted by molar-refractivity contribution is 7.13. The molecule has 6 heteroatoms. The standard InChI is InChI=1S/C18H20ClN3OS/c19-14-4-1-3-13(11-14)15-12-16(15)17(23)21-6-2-7-22(9-8-21)18-20-5-10-24-18/h1,3-5,10-11,15-16H,2,6-9,12H2/t15-,16+/m1/s1. The highest BCUT2D eigenvalue weighted by Gasteiger charge is 2.45. The van der Waals surface area contributed by atoms with Gasteiger partial charge in [-0.25, -0.2) is 4.98 Å². The lowest BCUT2D eigenvalue weighted by Crippen LogP contribution is -2.36. The second-order valence-corrected chi connectivity index (χ2v) is 7.79. The Labute approximate surface area is 151 Å². The van der Waals surface area contributed by atoms with Gasteiger partial charge in [-0.2, -0.15) is 0 Å². The lowest BCUT2D eigenvalue weighted by molar-refractivity contribution is -0.132. The van der Waals surface area contributed by atoms with Crippen molar-refractivity contribution < 1.29 is 4.79 Å². The lowest BCUT2D eigenvalue weighted by atomic mass is 10.1. The van der Waals surface area contributed by atoms with Crippen LogP contribution in [0, 0.1) is 5.92 Å². The van der Waals surface area contributed by atoms with Crippen LogP contribution in [-0.4, -0.2) is 42.0 Å². The third kappa shape index (κ3) is 3.28. The Hall–Kier alpha value is -1.59. The summed E-state index contributed by atoms with van der Waals surface area (Å²) < 4.78 is 0. The van der Waals surface area contributed by atoms with Gasteiger partial charge in [0.05, 0.1) is 0 Å². The Bertz CT molecular complexity index is 721. The number of amides is 1. The second-order valence-electron chi connectivity index (χ2n) is 6.48. The van der Waals surface area contributed by atoms with Crippen LogP contribution < -0.4 is 4.90 Å². The van der Waals surface area contributed by atoms with Crippen molar-refractivity contribution in [2.24, 2.45) is 5.92 Å². The Morgan fingerprint density at radius 1 is 1.25 bits per heavy atom. The zero-order chi connectivity index (χ0) is 16.5. The molecule has 0 unspecified atom stereocenters. The predicted molar refractivity (Wildman–Crippen MR) is 97.8 cm³/mol. The van der Waals surface area contributed by atoms with E-state index in [-0.39, 0.29) is 5.92 Å². The van der Waals surface area contributed by atoms with Crippen LogP contribution in [0.5, 0.6) is 0 Å². The number of carbonyl (C=O) groups is 1. The fraction of sp³-hybridized carbons (Fsp3) is 0.444. The van der Waals surface area contributed by atoms with Crippen LogP contribution in [0.2, 0.25) is 5.02 Å². The largest absolute Gasteiger partial charge is 0.346 e. The van der Waals surface area contributed by atoms with Crippen LogP contribution in [0.15, 0.2) is 35.8 Å². The van der Waals surface area contributed by atoms with Crippen molar-refractivity contribution in [1.29, 1.82) is 0 Å². The fourth-order valence-corrected chi connectivity index (χ4v) is 4.40. The molecule has 2 fully saturated rings. The molecule has 0 radical (unpaired) electrons. The Morgan fingerprint density at radius 3 is 2.96 bits per heavy atom. The van der Waals surface area contributed by atoms with E-state index in [0.717, 1.165) is 49.2 Å². The second kappa shape index (κ2) is 6.73. The zero-order valence-corrected chi connectivity index (χ0v) is 15.0. The van der Waals surface area contributed by atoms with Crippen LogP contribution in [0.1, 0.15) is 24.3 Å². The van der Waals surface area contributed by atoms with E-state index in [1.807, 2.05) is 34.7 Å². The number of carbonyl (C=O) groups excluding carboxylic acids is 1. The molecule has 1 saturated heterocycles. The summed E-state index contributed by atoms with van der Waals surface area (Å²) in [7, 11) is 0. The molecule has 1 aliphatic heterocycles. The van der Waals surface area contributed by atoms with E-state index in [0.29, 0.717) is 11.8 Å². The van der Waals surface area contributed by atoms with E-state index in [4.69, 9.17) is 11.6 Å². The van der Waals surface area contributed by atoms with Crippen molar-refractivity contribution in [3.8, 4) is 0 Å². The summed E-state index contributed by atoms with van der Waals surface area (Å²) in [5, 5.41) is 3.81. The van der Waals surface area contributed by atoms with E-state index in [2.05, 4.69) is 16.0 Å². The van der Waals surface area contributed by atoms with Crippen molar-refractivity contribution in [1.82, 2.24) is 9.88 Å². The summed E-state index contributed by atoms with van der Waals surface area (Å²) in [6.07, 6.45) is 3.79. The Kier molecular flexibility index (Phi) is 4.46. The van der Waals surface area contributed by atoms with Crippen molar-refractivity contribution >= 4 is 34.0 Å². The highest BCUT2D eigenvalue weighted by Crippen LogP contribution is 2.48. The maximum atomic E-state index is 12.8. The van der Waals surface area contributed by atoms with E-state index < -0.39 is 0 Å². The Morgan fingerprint density at radius 2 is 2.17 bits per heavy atom. The van der Waals surface area contributed by atoms with Gasteiger partial charge >= 0.3 is 0 Å². The van der Waals surface area contributed by atoms with Crippen LogP contribution in [-0.2, 0) is 4.79 Å². The summed E-state index contributed by atoms with van der Waals surface area (Å²) in [5.41, 5.74) is 1.19. The number of benzene rings is 1. The number of anilines is 1. The van der Waals surface area contributed by atoms with Gasteiger partial charge < -0.3 is 9.80 Å². The summed E-state index contributed by atoms with van der Waals surface area (Å²) >= 11 is 7.74. The molecule has 1 aromatic heterocycles. The van der Waals surface area contributed by atoms with Gasteiger partial charge in [-0.1, -0.05) is 23.7 Å². The summed E-state index contributed by atoms with van der Waals surface area (Å²) in [6, 6.07) is 7.92. The van der Waals surface area contributed by atoms with Gasteiger partial charge in [0.15, 0.2) is 5.13 Å². The van der Waals surface area contributed by atoms with Gasteiger partial charge in [0, 0.05) is 48.7 Å². The number of hydrogen-bond acceptors (Lipinski definition) is 4. The molecule has 0 N–H and O–H groups in total. The molecule has 0 spiro atoms. The number of rotatable bonds is 3. The normalized spacial score (nSPS) is 23.9. The minimum Gasteiger partial charge on any atom is -0.346 e. The number of hydrogen-bond donors (Lipinski definition) is 0. The van der Waals surface area contributed by atoms with Gasteiger partial charge in [0.1, 0.15) is 0 Å². The number of aromatic nitrogens is 1. The summed E-state index contributed by atoms with van der Waals surface area (Å²) in [5.74, 6) is 0.783. The minimum atomic E-state index is 0.134. The molecule has 1 aliphatic carbocycles. The van der Waals surface area contributed by atoms with Gasteiger partial charge in [-0.3, -0.25) is 4.79 Å². The molecule has 24 heavy (non-hydrogen) atoms. The zero-order valence-electron chi connectivity index (χ0n) is 13.4. The fourth-order valence-electron chi connectivity index (χ4n) is 3.51. The highest BCUT2D eigenvalue weighted by atomic mass is 35.5. The van der Waals surface area contributed by atoms with Gasteiger partial charge in [-0.15, -0.1) is 11.3 Å². The van der Waals surface area contributed by atoms with E-state index in [9.17, 15) is 4.79 Å². The SMILES string of the molecule is O=C([C@H]1C[C@@H]1c1cccc(Cl)c1)N1CCCN(c2nccs2)CC1. The van der Waals surface area contributed by atoms with E-state index in [1.54, 1.807) is 11.3 Å². The maximum Gasteiger partial charge on any atom is 0.226 e. The molecular formula is C18H20ClN3OS. The average Bonchev–Trinajstić information content (AvgIpc) is 3.28. The number of thiazole rings is 1. The average molecular weight is 362 g/mol. The van der Waals surface area contributed by atoms with Crippen molar-refractivity contribution in [2.45, 2.75) is 18.8 Å². The predicted octanol–water partition coefficient (Wildman–Crippen LogP) is 3.64. The quantitative estimate of drug-likeness (QED) is 0.837. The first kappa shape index (κ1) is 15.9. The Balaban J connectivity index is 1.37. The number of nitrogens with zero attached hydrogens (tertiary/aromatic N) is 3. The third-order valence-corrected chi connectivity index (χ3v) is 5.95. The molecule has 4 rings (SSSR count). The molecule has 0 bridgehead atoms. The molecule has 1 saturated carbocycles. The molecule has 2 atom stereocenters. The first-order valence-electron chi connectivity index (χ1n) is 8.41. The maximum absolute atomic E-state index is 12.8. The molecule has 2 aliphatic rings. The van der Waals surface area contributed by atoms with Gasteiger partial charge in [-0.05, 0) is 36.5 Å². The van der Waals surface area contributed by atoms with Crippen LogP contribution in [0.4, 0.5) is 5.13 Å². The van der Waals surface area contributed by atoms with Gasteiger partial charge in [0.2, 0.25) is 5.91 Å². The van der Waals surface area contributed by atoms with Crippen molar-refractivity contribution in [3.05, 3.63) is 46.4 Å². The first-order chi connectivity index (χ1) is 11.7. The smallest absolute Gasteiger partial charge is 0.226 e. The molecule has 4 nitrogen and oxygen atoms in total. The molecule has 2 heterocycles.